The fourth-order valence-electron chi connectivity index (χ4n) is 2.12. The molecule has 1 amide bonds. The summed E-state index contributed by atoms with van der Waals surface area (Å²) >= 11 is 0. The lowest BCUT2D eigenvalue weighted by Gasteiger charge is -2.34. The topological polar surface area (TPSA) is 69.8 Å². The molecule has 0 saturated carbocycles. The van der Waals surface area contributed by atoms with Gasteiger partial charge in [-0.1, -0.05) is 6.42 Å². The summed E-state index contributed by atoms with van der Waals surface area (Å²) in [4.78, 5) is 16.0. The van der Waals surface area contributed by atoms with Crippen LogP contribution in [0.5, 0.6) is 0 Å². The number of piperazine rings is 1. The number of carbonyl (C=O) groups excluding carboxylic acids is 1. The minimum absolute atomic E-state index is 0.201. The van der Waals surface area contributed by atoms with E-state index in [4.69, 9.17) is 10.8 Å². The van der Waals surface area contributed by atoms with E-state index >= 15 is 0 Å². The minimum atomic E-state index is 0.201. The maximum atomic E-state index is 11.9. The van der Waals surface area contributed by atoms with Gasteiger partial charge in [0, 0.05) is 39.1 Å². The number of amides is 1. The number of aliphatic hydroxyl groups is 1. The highest BCUT2D eigenvalue weighted by Gasteiger charge is 2.19. The number of hydrogen-bond acceptors (Lipinski definition) is 4. The molecule has 5 heteroatoms. The lowest BCUT2D eigenvalue weighted by Crippen LogP contribution is -2.49. The largest absolute Gasteiger partial charge is 0.395 e. The normalized spacial score (nSPS) is 17.4. The molecule has 1 fully saturated rings. The van der Waals surface area contributed by atoms with E-state index in [0.29, 0.717) is 13.0 Å². The van der Waals surface area contributed by atoms with E-state index < -0.39 is 0 Å². The lowest BCUT2D eigenvalue weighted by atomic mass is 10.1. The Morgan fingerprint density at radius 1 is 1.12 bits per heavy atom. The van der Waals surface area contributed by atoms with E-state index in [9.17, 15) is 4.79 Å². The Hall–Kier alpha value is -0.650. The Balaban J connectivity index is 2.12. The molecule has 0 bridgehead atoms. The van der Waals surface area contributed by atoms with Crippen LogP contribution < -0.4 is 5.73 Å². The zero-order chi connectivity index (χ0) is 12.5. The molecule has 0 aromatic carbocycles. The van der Waals surface area contributed by atoms with Gasteiger partial charge < -0.3 is 15.7 Å². The molecule has 5 nitrogen and oxygen atoms in total. The van der Waals surface area contributed by atoms with Gasteiger partial charge in [-0.2, -0.15) is 0 Å². The molecule has 1 aliphatic rings. The van der Waals surface area contributed by atoms with Gasteiger partial charge in [-0.15, -0.1) is 0 Å². The van der Waals surface area contributed by atoms with Gasteiger partial charge >= 0.3 is 0 Å². The zero-order valence-corrected chi connectivity index (χ0v) is 10.6. The van der Waals surface area contributed by atoms with Gasteiger partial charge in [0.25, 0.3) is 0 Å². The molecule has 100 valence electrons. The predicted octanol–water partition coefficient (Wildman–Crippen LogP) is -0.358. The first-order valence-corrected chi connectivity index (χ1v) is 6.59. The second-order valence-corrected chi connectivity index (χ2v) is 4.55. The second-order valence-electron chi connectivity index (χ2n) is 4.55. The first-order valence-electron chi connectivity index (χ1n) is 6.59. The molecular weight excluding hydrogens is 218 g/mol. The Morgan fingerprint density at radius 2 is 1.82 bits per heavy atom. The number of hydrogen-bond donors (Lipinski definition) is 2. The smallest absolute Gasteiger partial charge is 0.222 e. The van der Waals surface area contributed by atoms with Crippen LogP contribution >= 0.6 is 0 Å². The quantitative estimate of drug-likeness (QED) is 0.599. The van der Waals surface area contributed by atoms with Crippen molar-refractivity contribution in [2.24, 2.45) is 5.73 Å². The summed E-state index contributed by atoms with van der Waals surface area (Å²) in [6.45, 7) is 5.01. The average Bonchev–Trinajstić information content (AvgIpc) is 2.36. The molecule has 0 unspecified atom stereocenters. The van der Waals surface area contributed by atoms with E-state index in [1.54, 1.807) is 0 Å². The van der Waals surface area contributed by atoms with Gasteiger partial charge in [0.1, 0.15) is 0 Å². The third-order valence-electron chi connectivity index (χ3n) is 3.24. The molecule has 1 saturated heterocycles. The summed E-state index contributed by atoms with van der Waals surface area (Å²) in [6.07, 6.45) is 3.66. The summed E-state index contributed by atoms with van der Waals surface area (Å²) in [7, 11) is 0. The van der Waals surface area contributed by atoms with Crippen molar-refractivity contribution in [2.45, 2.75) is 25.7 Å². The van der Waals surface area contributed by atoms with Gasteiger partial charge in [0.05, 0.1) is 6.61 Å². The van der Waals surface area contributed by atoms with E-state index in [2.05, 4.69) is 4.90 Å². The lowest BCUT2D eigenvalue weighted by molar-refractivity contribution is -0.133. The summed E-state index contributed by atoms with van der Waals surface area (Å²) < 4.78 is 0. The van der Waals surface area contributed by atoms with Gasteiger partial charge in [0.15, 0.2) is 0 Å². The zero-order valence-electron chi connectivity index (χ0n) is 10.6. The van der Waals surface area contributed by atoms with Gasteiger partial charge in [0.2, 0.25) is 5.91 Å². The fourth-order valence-corrected chi connectivity index (χ4v) is 2.12. The molecule has 0 atom stereocenters. The molecule has 0 radical (unpaired) electrons. The molecule has 1 heterocycles. The fraction of sp³-hybridized carbons (Fsp3) is 0.917. The van der Waals surface area contributed by atoms with Crippen molar-refractivity contribution in [1.29, 1.82) is 0 Å². The van der Waals surface area contributed by atoms with E-state index in [0.717, 1.165) is 52.0 Å². The van der Waals surface area contributed by atoms with Crippen LogP contribution in [0.2, 0.25) is 0 Å². The molecular formula is C12H25N3O2. The van der Waals surface area contributed by atoms with Gasteiger partial charge in [-0.25, -0.2) is 0 Å². The molecule has 0 spiro atoms. The number of β-amino-alcohol motifs (C(OH)–C–C–N with tert-alkyl or cyclic N) is 1. The maximum absolute atomic E-state index is 11.9. The van der Waals surface area contributed by atoms with Crippen molar-refractivity contribution in [3.63, 3.8) is 0 Å². The predicted molar refractivity (Wildman–Crippen MR) is 67.6 cm³/mol. The third kappa shape index (κ3) is 5.48. The number of nitrogens with zero attached hydrogens (tertiary/aromatic N) is 2. The SMILES string of the molecule is NCCCCCC(=O)N1CCN(CCO)CC1. The monoisotopic (exact) mass is 243 g/mol. The average molecular weight is 243 g/mol. The van der Waals surface area contributed by atoms with Gasteiger partial charge in [-0.05, 0) is 19.4 Å². The Morgan fingerprint density at radius 3 is 2.41 bits per heavy atom. The highest BCUT2D eigenvalue weighted by atomic mass is 16.3. The van der Waals surface area contributed by atoms with Crippen LogP contribution in [-0.2, 0) is 4.79 Å². The van der Waals surface area contributed by atoms with Crippen LogP contribution in [0.15, 0.2) is 0 Å². The standard InChI is InChI=1S/C12H25N3O2/c13-5-3-1-2-4-12(17)15-8-6-14(7-9-15)10-11-16/h16H,1-11,13H2. The van der Waals surface area contributed by atoms with Crippen molar-refractivity contribution in [2.75, 3.05) is 45.9 Å². The number of nitrogens with two attached hydrogens (primary N) is 1. The van der Waals surface area contributed by atoms with Crippen molar-refractivity contribution in [3.8, 4) is 0 Å². The van der Waals surface area contributed by atoms with Crippen LogP contribution in [0, 0.1) is 0 Å². The first-order chi connectivity index (χ1) is 8.27. The van der Waals surface area contributed by atoms with Crippen molar-refractivity contribution < 1.29 is 9.90 Å². The second kappa shape index (κ2) is 8.44. The number of aliphatic hydroxyl groups excluding tert-OH is 1. The highest BCUT2D eigenvalue weighted by molar-refractivity contribution is 5.76. The maximum Gasteiger partial charge on any atom is 0.222 e. The molecule has 0 aliphatic carbocycles. The van der Waals surface area contributed by atoms with Crippen molar-refractivity contribution >= 4 is 5.91 Å². The van der Waals surface area contributed by atoms with Crippen molar-refractivity contribution in [1.82, 2.24) is 9.80 Å². The number of rotatable bonds is 7. The molecule has 0 aromatic heterocycles. The van der Waals surface area contributed by atoms with E-state index in [-0.39, 0.29) is 12.5 Å². The van der Waals surface area contributed by atoms with Crippen LogP contribution in [0.1, 0.15) is 25.7 Å². The molecule has 3 N–H and O–H groups in total. The van der Waals surface area contributed by atoms with Gasteiger partial charge in [-0.3, -0.25) is 9.69 Å². The summed E-state index contributed by atoms with van der Waals surface area (Å²) in [5.41, 5.74) is 5.41. The minimum Gasteiger partial charge on any atom is -0.395 e. The molecule has 1 aliphatic heterocycles. The molecule has 17 heavy (non-hydrogen) atoms. The summed E-state index contributed by atoms with van der Waals surface area (Å²) in [5.74, 6) is 0.269. The Bertz CT molecular complexity index is 216. The summed E-state index contributed by atoms with van der Waals surface area (Å²) in [6, 6.07) is 0. The van der Waals surface area contributed by atoms with E-state index in [1.165, 1.54) is 0 Å². The van der Waals surface area contributed by atoms with Crippen molar-refractivity contribution in [3.05, 3.63) is 0 Å². The first kappa shape index (κ1) is 14.4. The molecule has 0 aromatic rings. The van der Waals surface area contributed by atoms with E-state index in [1.807, 2.05) is 4.90 Å². The number of unbranched alkanes of at least 4 members (excludes halogenated alkanes) is 2. The Labute approximate surface area is 104 Å². The van der Waals surface area contributed by atoms with Crippen LogP contribution in [-0.4, -0.2) is 66.7 Å². The Kier molecular flexibility index (Phi) is 7.16. The molecule has 1 rings (SSSR count). The van der Waals surface area contributed by atoms with Crippen LogP contribution in [0.4, 0.5) is 0 Å². The third-order valence-corrected chi connectivity index (χ3v) is 3.24. The summed E-state index contributed by atoms with van der Waals surface area (Å²) in [5, 5.41) is 8.83. The highest BCUT2D eigenvalue weighted by Crippen LogP contribution is 2.06. The number of carbonyl (C=O) groups is 1. The van der Waals surface area contributed by atoms with Crippen LogP contribution in [0.3, 0.4) is 0 Å². The van der Waals surface area contributed by atoms with Crippen LogP contribution in [0.25, 0.3) is 0 Å².